The van der Waals surface area contributed by atoms with E-state index < -0.39 is 21.0 Å². The molecule has 0 heterocycles. The van der Waals surface area contributed by atoms with Crippen LogP contribution in [0.1, 0.15) is 18.4 Å². The molecule has 126 valence electrons. The van der Waals surface area contributed by atoms with Gasteiger partial charge >= 0.3 is 11.7 Å². The van der Waals surface area contributed by atoms with Crippen LogP contribution in [0.2, 0.25) is 0 Å². The molecule has 1 aromatic carbocycles. The van der Waals surface area contributed by atoms with Crippen LogP contribution in [-0.2, 0) is 14.9 Å². The molecular formula is C12H15N3O7S. The Morgan fingerprint density at radius 1 is 1.48 bits per heavy atom. The van der Waals surface area contributed by atoms with E-state index in [1.165, 1.54) is 12.1 Å². The van der Waals surface area contributed by atoms with Crippen LogP contribution in [0.25, 0.3) is 0 Å². The second kappa shape index (κ2) is 7.15. The number of rotatable bonds is 4. The number of nitrogens with zero attached hydrogens (tertiary/aromatic N) is 1. The fourth-order valence-electron chi connectivity index (χ4n) is 1.42. The number of nitrogen functional groups attached to an aromatic ring is 1. The second-order valence-corrected chi connectivity index (χ2v) is 6.25. The van der Waals surface area contributed by atoms with E-state index >= 15 is 0 Å². The highest BCUT2D eigenvalue weighted by molar-refractivity contribution is 7.85. The molecule has 0 radical (unpaired) electrons. The first-order valence-corrected chi connectivity index (χ1v) is 8.11. The van der Waals surface area contributed by atoms with Crippen molar-refractivity contribution in [2.45, 2.75) is 12.8 Å². The molecule has 1 aliphatic rings. The Hall–Kier alpha value is -2.53. The first-order valence-electron chi connectivity index (χ1n) is 6.26. The zero-order valence-corrected chi connectivity index (χ0v) is 12.9. The summed E-state index contributed by atoms with van der Waals surface area (Å²) in [6.07, 6.45) is 2.24. The maximum absolute atomic E-state index is 11.5. The Kier molecular flexibility index (Phi) is 5.76. The number of esters is 1. The summed E-state index contributed by atoms with van der Waals surface area (Å²) in [6.45, 7) is 0. The van der Waals surface area contributed by atoms with E-state index in [-0.39, 0.29) is 28.8 Å². The number of nitrogens with two attached hydrogens (primary N) is 1. The van der Waals surface area contributed by atoms with Gasteiger partial charge in [-0.3, -0.25) is 24.9 Å². The van der Waals surface area contributed by atoms with Gasteiger partial charge in [0, 0.05) is 11.6 Å². The van der Waals surface area contributed by atoms with Gasteiger partial charge in [-0.15, -0.1) is 0 Å². The van der Waals surface area contributed by atoms with E-state index in [0.29, 0.717) is 6.26 Å². The third-order valence-corrected chi connectivity index (χ3v) is 2.59. The molecular weight excluding hydrogens is 330 g/mol. The third-order valence-electron chi connectivity index (χ3n) is 2.59. The molecule has 0 unspecified atom stereocenters. The van der Waals surface area contributed by atoms with Gasteiger partial charge in [0.05, 0.1) is 17.1 Å². The highest BCUT2D eigenvalue weighted by Crippen LogP contribution is 2.34. The van der Waals surface area contributed by atoms with Crippen LogP contribution in [-0.4, -0.2) is 36.0 Å². The van der Waals surface area contributed by atoms with Gasteiger partial charge in [-0.05, 0) is 25.0 Å². The molecule has 0 aliphatic heterocycles. The quantitative estimate of drug-likeness (QED) is 0.136. The largest absolute Gasteiger partial charge is 0.419 e. The fourth-order valence-corrected chi connectivity index (χ4v) is 1.42. The molecule has 0 spiro atoms. The summed E-state index contributed by atoms with van der Waals surface area (Å²) in [7, 11) is -3.67. The SMILES string of the molecule is CS(=O)(=O)O.N=C(N)c1ccc(OC(=O)C2CC2)c([N+](=O)[O-])c1. The van der Waals surface area contributed by atoms with Crippen LogP contribution in [0, 0.1) is 21.4 Å². The van der Waals surface area contributed by atoms with Crippen molar-refractivity contribution in [3.8, 4) is 5.75 Å². The maximum Gasteiger partial charge on any atom is 0.314 e. The molecule has 1 fully saturated rings. The Morgan fingerprint density at radius 2 is 2.00 bits per heavy atom. The molecule has 0 aromatic heterocycles. The third kappa shape index (κ3) is 6.84. The van der Waals surface area contributed by atoms with Crippen LogP contribution < -0.4 is 10.5 Å². The number of nitrogens with one attached hydrogen (secondary N) is 1. The summed E-state index contributed by atoms with van der Waals surface area (Å²) >= 11 is 0. The van der Waals surface area contributed by atoms with E-state index in [1.54, 1.807) is 0 Å². The van der Waals surface area contributed by atoms with Crippen LogP contribution in [0.15, 0.2) is 18.2 Å². The predicted molar refractivity (Wildman–Crippen MR) is 79.9 cm³/mol. The van der Waals surface area contributed by atoms with Crippen molar-refractivity contribution in [1.29, 1.82) is 5.41 Å². The molecule has 0 saturated heterocycles. The summed E-state index contributed by atoms with van der Waals surface area (Å²) in [4.78, 5) is 21.7. The second-order valence-electron chi connectivity index (χ2n) is 4.78. The van der Waals surface area contributed by atoms with Gasteiger partial charge in [0.15, 0.2) is 0 Å². The molecule has 1 aromatic rings. The lowest BCUT2D eigenvalue weighted by Gasteiger charge is -2.05. The van der Waals surface area contributed by atoms with Crippen LogP contribution in [0.5, 0.6) is 5.75 Å². The van der Waals surface area contributed by atoms with Gasteiger partial charge in [0.2, 0.25) is 5.75 Å². The highest BCUT2D eigenvalue weighted by atomic mass is 32.2. The number of benzene rings is 1. The van der Waals surface area contributed by atoms with Crippen molar-refractivity contribution in [1.82, 2.24) is 0 Å². The summed E-state index contributed by atoms with van der Waals surface area (Å²) in [6, 6.07) is 3.82. The molecule has 10 nitrogen and oxygen atoms in total. The normalized spacial score (nSPS) is 13.5. The summed E-state index contributed by atoms with van der Waals surface area (Å²) < 4.78 is 30.8. The van der Waals surface area contributed by atoms with Gasteiger partial charge in [-0.2, -0.15) is 8.42 Å². The number of hydrogen-bond donors (Lipinski definition) is 3. The Morgan fingerprint density at radius 3 is 2.39 bits per heavy atom. The summed E-state index contributed by atoms with van der Waals surface area (Å²) in [5, 5.41) is 18.1. The summed E-state index contributed by atoms with van der Waals surface area (Å²) in [5.74, 6) is -0.981. The predicted octanol–water partition coefficient (Wildman–Crippen LogP) is 0.698. The van der Waals surface area contributed by atoms with E-state index in [0.717, 1.165) is 18.9 Å². The molecule has 2 rings (SSSR count). The molecule has 23 heavy (non-hydrogen) atoms. The van der Waals surface area contributed by atoms with Gasteiger partial charge in [-0.25, -0.2) is 0 Å². The van der Waals surface area contributed by atoms with Gasteiger partial charge < -0.3 is 10.5 Å². The van der Waals surface area contributed by atoms with Crippen molar-refractivity contribution in [3.05, 3.63) is 33.9 Å². The lowest BCUT2D eigenvalue weighted by molar-refractivity contribution is -0.385. The minimum Gasteiger partial charge on any atom is -0.419 e. The topological polar surface area (TPSA) is 174 Å². The van der Waals surface area contributed by atoms with Crippen molar-refractivity contribution in [3.63, 3.8) is 0 Å². The Balaban J connectivity index is 0.000000463. The molecule has 4 N–H and O–H groups in total. The number of nitro benzene ring substituents is 1. The average molecular weight is 345 g/mol. The van der Waals surface area contributed by atoms with Crippen LogP contribution in [0.3, 0.4) is 0 Å². The first kappa shape index (κ1) is 18.5. The minimum atomic E-state index is -3.67. The van der Waals surface area contributed by atoms with E-state index in [9.17, 15) is 23.3 Å². The lowest BCUT2D eigenvalue weighted by atomic mass is 10.1. The number of ether oxygens (including phenoxy) is 1. The Bertz CT molecular complexity index is 733. The van der Waals surface area contributed by atoms with Crippen molar-refractivity contribution >= 4 is 27.6 Å². The van der Waals surface area contributed by atoms with Crippen molar-refractivity contribution < 1.29 is 27.4 Å². The fraction of sp³-hybridized carbons (Fsp3) is 0.333. The van der Waals surface area contributed by atoms with Gasteiger partial charge in [0.25, 0.3) is 10.1 Å². The zero-order valence-electron chi connectivity index (χ0n) is 12.1. The standard InChI is InChI=1S/C11H11N3O4.CH4O3S/c12-10(13)7-3-4-9(8(5-7)14(16)17)18-11(15)6-1-2-6;1-5(2,3)4/h3-6H,1-2H2,(H3,12,13);1H3,(H,2,3,4). The molecule has 0 amide bonds. The highest BCUT2D eigenvalue weighted by Gasteiger charge is 2.33. The van der Waals surface area contributed by atoms with Crippen LogP contribution >= 0.6 is 0 Å². The number of hydrogen-bond acceptors (Lipinski definition) is 7. The Labute approximate surface area is 131 Å². The first-order chi connectivity index (χ1) is 10.5. The molecule has 11 heteroatoms. The van der Waals surface area contributed by atoms with Crippen molar-refractivity contribution in [2.75, 3.05) is 6.26 Å². The monoisotopic (exact) mass is 345 g/mol. The van der Waals surface area contributed by atoms with Gasteiger partial charge in [0.1, 0.15) is 5.84 Å². The van der Waals surface area contributed by atoms with Crippen molar-refractivity contribution in [2.24, 2.45) is 11.7 Å². The molecule has 1 saturated carbocycles. The van der Waals surface area contributed by atoms with Crippen LogP contribution in [0.4, 0.5) is 5.69 Å². The van der Waals surface area contributed by atoms with E-state index in [2.05, 4.69) is 0 Å². The lowest BCUT2D eigenvalue weighted by Crippen LogP contribution is -2.13. The molecule has 0 bridgehead atoms. The zero-order chi connectivity index (χ0) is 17.8. The number of carbonyl (C=O) groups excluding carboxylic acids is 1. The van der Waals surface area contributed by atoms with E-state index in [4.69, 9.17) is 20.4 Å². The molecule has 1 aliphatic carbocycles. The van der Waals surface area contributed by atoms with Gasteiger partial charge in [-0.1, -0.05) is 0 Å². The summed E-state index contributed by atoms with van der Waals surface area (Å²) in [5.41, 5.74) is 5.10. The molecule has 0 atom stereocenters. The smallest absolute Gasteiger partial charge is 0.314 e. The minimum absolute atomic E-state index is 0.109. The van der Waals surface area contributed by atoms with E-state index in [1.807, 2.05) is 0 Å². The number of carbonyl (C=O) groups is 1. The average Bonchev–Trinajstić information content (AvgIpc) is 3.20. The maximum atomic E-state index is 11.5. The number of amidine groups is 1. The number of nitro groups is 1.